The molecule has 0 aliphatic rings. The average molecular weight is 211 g/mol. The number of alkyl halides is 3. The number of halogens is 3. The molecule has 0 amide bonds. The molecule has 1 rings (SSSR count). The Hall–Kier alpha value is -0.620. The second-order valence-electron chi connectivity index (χ2n) is 2.44. The van der Waals surface area contributed by atoms with Crippen molar-refractivity contribution >= 4 is 11.3 Å². The molecular formula is C7H8F3NOS. The summed E-state index contributed by atoms with van der Waals surface area (Å²) in [7, 11) is 1.36. The van der Waals surface area contributed by atoms with Crippen LogP contribution >= 0.6 is 11.3 Å². The molecule has 1 heterocycles. The lowest BCUT2D eigenvalue weighted by atomic mass is 10.3. The van der Waals surface area contributed by atoms with E-state index in [1.54, 1.807) is 6.92 Å². The van der Waals surface area contributed by atoms with Gasteiger partial charge in [0.1, 0.15) is 0 Å². The molecule has 0 fully saturated rings. The van der Waals surface area contributed by atoms with Gasteiger partial charge >= 0.3 is 6.18 Å². The zero-order valence-corrected chi connectivity index (χ0v) is 7.92. The SMILES string of the molecule is COCc1sc(C)nc1C(F)(F)F. The lowest BCUT2D eigenvalue weighted by Gasteiger charge is -2.04. The van der Waals surface area contributed by atoms with Crippen molar-refractivity contribution in [2.75, 3.05) is 7.11 Å². The lowest BCUT2D eigenvalue weighted by molar-refractivity contribution is -0.141. The lowest BCUT2D eigenvalue weighted by Crippen LogP contribution is -2.08. The van der Waals surface area contributed by atoms with E-state index in [1.807, 2.05) is 0 Å². The highest BCUT2D eigenvalue weighted by molar-refractivity contribution is 7.11. The van der Waals surface area contributed by atoms with Crippen molar-refractivity contribution in [3.05, 3.63) is 15.6 Å². The average Bonchev–Trinajstić information content (AvgIpc) is 2.30. The highest BCUT2D eigenvalue weighted by Crippen LogP contribution is 2.34. The standard InChI is InChI=1S/C7H8F3NOS/c1-4-11-6(7(8,9)10)5(13-4)3-12-2/h3H2,1-2H3. The van der Waals surface area contributed by atoms with E-state index >= 15 is 0 Å². The first-order chi connectivity index (χ1) is 5.95. The van der Waals surface area contributed by atoms with E-state index in [1.165, 1.54) is 7.11 Å². The zero-order chi connectivity index (χ0) is 10.1. The van der Waals surface area contributed by atoms with Crippen molar-refractivity contribution in [2.45, 2.75) is 19.7 Å². The van der Waals surface area contributed by atoms with Gasteiger partial charge in [0.25, 0.3) is 0 Å². The van der Waals surface area contributed by atoms with Crippen LogP contribution in [-0.2, 0) is 17.5 Å². The summed E-state index contributed by atoms with van der Waals surface area (Å²) < 4.78 is 41.5. The first kappa shape index (κ1) is 10.5. The molecule has 0 radical (unpaired) electrons. The fourth-order valence-electron chi connectivity index (χ4n) is 0.920. The first-order valence-corrected chi connectivity index (χ1v) is 4.29. The second-order valence-corrected chi connectivity index (χ2v) is 3.72. The number of hydrogen-bond donors (Lipinski definition) is 0. The van der Waals surface area contributed by atoms with E-state index < -0.39 is 11.9 Å². The van der Waals surface area contributed by atoms with Gasteiger partial charge in [-0.15, -0.1) is 11.3 Å². The maximum absolute atomic E-state index is 12.3. The van der Waals surface area contributed by atoms with Gasteiger partial charge in [-0.3, -0.25) is 0 Å². The van der Waals surface area contributed by atoms with Gasteiger partial charge in [-0.1, -0.05) is 0 Å². The fourth-order valence-corrected chi connectivity index (χ4v) is 1.85. The second kappa shape index (κ2) is 3.63. The van der Waals surface area contributed by atoms with Crippen LogP contribution in [0.4, 0.5) is 13.2 Å². The van der Waals surface area contributed by atoms with Gasteiger partial charge in [0.15, 0.2) is 5.69 Å². The van der Waals surface area contributed by atoms with Crippen molar-refractivity contribution in [2.24, 2.45) is 0 Å². The van der Waals surface area contributed by atoms with E-state index in [0.29, 0.717) is 5.01 Å². The Labute approximate surface area is 77.4 Å². The normalized spacial score (nSPS) is 12.1. The monoisotopic (exact) mass is 211 g/mol. The van der Waals surface area contributed by atoms with E-state index in [-0.39, 0.29) is 11.5 Å². The molecule has 2 nitrogen and oxygen atoms in total. The Bertz CT molecular complexity index is 294. The summed E-state index contributed by atoms with van der Waals surface area (Å²) in [6.07, 6.45) is -4.38. The van der Waals surface area contributed by atoms with Gasteiger partial charge in [-0.05, 0) is 6.92 Å². The molecule has 0 aromatic carbocycles. The maximum atomic E-state index is 12.3. The Kier molecular flexibility index (Phi) is 2.92. The van der Waals surface area contributed by atoms with E-state index in [9.17, 15) is 13.2 Å². The van der Waals surface area contributed by atoms with Gasteiger partial charge in [-0.2, -0.15) is 13.2 Å². The molecule has 0 saturated carbocycles. The van der Waals surface area contributed by atoms with Crippen LogP contribution in [0.1, 0.15) is 15.6 Å². The number of rotatable bonds is 2. The Morgan fingerprint density at radius 3 is 2.54 bits per heavy atom. The molecule has 13 heavy (non-hydrogen) atoms. The predicted molar refractivity (Wildman–Crippen MR) is 42.6 cm³/mol. The van der Waals surface area contributed by atoms with Crippen LogP contribution in [0, 0.1) is 6.92 Å². The topological polar surface area (TPSA) is 22.1 Å². The number of methoxy groups -OCH3 is 1. The molecule has 0 spiro atoms. The molecule has 0 atom stereocenters. The summed E-state index contributed by atoms with van der Waals surface area (Å²) >= 11 is 1.01. The molecule has 6 heteroatoms. The molecule has 0 saturated heterocycles. The summed E-state index contributed by atoms with van der Waals surface area (Å²) in [5.74, 6) is 0. The Morgan fingerprint density at radius 1 is 1.46 bits per heavy atom. The van der Waals surface area contributed by atoms with Gasteiger partial charge in [0.2, 0.25) is 0 Å². The largest absolute Gasteiger partial charge is 0.434 e. The molecule has 0 N–H and O–H groups in total. The number of ether oxygens (including phenoxy) is 1. The van der Waals surface area contributed by atoms with Crippen molar-refractivity contribution < 1.29 is 17.9 Å². The third-order valence-electron chi connectivity index (χ3n) is 1.35. The number of aromatic nitrogens is 1. The van der Waals surface area contributed by atoms with Gasteiger partial charge in [0, 0.05) is 7.11 Å². The van der Waals surface area contributed by atoms with Gasteiger partial charge in [0.05, 0.1) is 16.5 Å². The van der Waals surface area contributed by atoms with Crippen molar-refractivity contribution in [1.29, 1.82) is 0 Å². The minimum absolute atomic E-state index is 0.0413. The molecule has 1 aromatic rings. The molecule has 0 aliphatic carbocycles. The molecule has 74 valence electrons. The molecule has 0 aliphatic heterocycles. The van der Waals surface area contributed by atoms with Crippen LogP contribution in [0.2, 0.25) is 0 Å². The van der Waals surface area contributed by atoms with E-state index in [4.69, 9.17) is 0 Å². The van der Waals surface area contributed by atoms with Crippen LogP contribution < -0.4 is 0 Å². The Morgan fingerprint density at radius 2 is 2.08 bits per heavy atom. The highest BCUT2D eigenvalue weighted by Gasteiger charge is 2.36. The number of thiazole rings is 1. The predicted octanol–water partition coefficient (Wildman–Crippen LogP) is 2.62. The Balaban J connectivity index is 3.04. The van der Waals surface area contributed by atoms with Gasteiger partial charge in [-0.25, -0.2) is 4.98 Å². The van der Waals surface area contributed by atoms with E-state index in [2.05, 4.69) is 9.72 Å². The smallest absolute Gasteiger partial charge is 0.379 e. The van der Waals surface area contributed by atoms with Crippen LogP contribution in [0.3, 0.4) is 0 Å². The fraction of sp³-hybridized carbons (Fsp3) is 0.571. The molecular weight excluding hydrogens is 203 g/mol. The van der Waals surface area contributed by atoms with Crippen LogP contribution in [0.15, 0.2) is 0 Å². The van der Waals surface area contributed by atoms with Crippen molar-refractivity contribution in [3.8, 4) is 0 Å². The first-order valence-electron chi connectivity index (χ1n) is 3.47. The third-order valence-corrected chi connectivity index (χ3v) is 2.29. The van der Waals surface area contributed by atoms with Gasteiger partial charge < -0.3 is 4.74 Å². The molecule has 1 aromatic heterocycles. The molecule has 0 bridgehead atoms. The highest BCUT2D eigenvalue weighted by atomic mass is 32.1. The summed E-state index contributed by atoms with van der Waals surface area (Å²) in [4.78, 5) is 3.55. The maximum Gasteiger partial charge on any atom is 0.434 e. The minimum atomic E-state index is -4.38. The number of nitrogens with zero attached hydrogens (tertiary/aromatic N) is 1. The summed E-state index contributed by atoms with van der Waals surface area (Å²) in [6, 6.07) is 0. The third kappa shape index (κ3) is 2.41. The van der Waals surface area contributed by atoms with Crippen LogP contribution in [-0.4, -0.2) is 12.1 Å². The van der Waals surface area contributed by atoms with Crippen LogP contribution in [0.5, 0.6) is 0 Å². The van der Waals surface area contributed by atoms with Crippen molar-refractivity contribution in [1.82, 2.24) is 4.98 Å². The summed E-state index contributed by atoms with van der Waals surface area (Å²) in [6.45, 7) is 1.50. The summed E-state index contributed by atoms with van der Waals surface area (Å²) in [5.41, 5.74) is -0.822. The zero-order valence-electron chi connectivity index (χ0n) is 7.10. The quantitative estimate of drug-likeness (QED) is 0.750. The summed E-state index contributed by atoms with van der Waals surface area (Å²) in [5, 5.41) is 0.402. The van der Waals surface area contributed by atoms with Crippen molar-refractivity contribution in [3.63, 3.8) is 0 Å². The van der Waals surface area contributed by atoms with Crippen LogP contribution in [0.25, 0.3) is 0 Å². The minimum Gasteiger partial charge on any atom is -0.379 e. The number of aryl methyl sites for hydroxylation is 1. The number of hydrogen-bond acceptors (Lipinski definition) is 3. The molecule has 0 unspecified atom stereocenters. The van der Waals surface area contributed by atoms with E-state index in [0.717, 1.165) is 11.3 Å².